The number of benzene rings is 1. The van der Waals surface area contributed by atoms with E-state index in [1.165, 1.54) is 0 Å². The summed E-state index contributed by atoms with van der Waals surface area (Å²) in [7, 11) is 0. The predicted octanol–water partition coefficient (Wildman–Crippen LogP) is 1.45. The van der Waals surface area contributed by atoms with Crippen molar-refractivity contribution in [2.75, 3.05) is 6.54 Å². The average molecular weight is 316 g/mol. The summed E-state index contributed by atoms with van der Waals surface area (Å²) in [4.78, 5) is 22.7. The van der Waals surface area contributed by atoms with Crippen LogP contribution in [0.5, 0.6) is 5.75 Å². The zero-order chi connectivity index (χ0) is 16.0. The molecule has 0 heterocycles. The van der Waals surface area contributed by atoms with E-state index < -0.39 is 30.1 Å². The van der Waals surface area contributed by atoms with Gasteiger partial charge in [0.2, 0.25) is 0 Å². The molecule has 3 N–H and O–H groups in total. The van der Waals surface area contributed by atoms with Gasteiger partial charge in [-0.25, -0.2) is 4.79 Å². The van der Waals surface area contributed by atoms with Crippen molar-refractivity contribution in [1.82, 2.24) is 5.32 Å². The molecule has 1 aromatic rings. The quantitative estimate of drug-likeness (QED) is 0.707. The van der Waals surface area contributed by atoms with Crippen LogP contribution in [-0.2, 0) is 9.59 Å². The van der Waals surface area contributed by atoms with E-state index in [-0.39, 0.29) is 0 Å². The number of aliphatic hydroxyl groups is 1. The number of ether oxygens (including phenoxy) is 1. The molecule has 0 fully saturated rings. The van der Waals surface area contributed by atoms with Gasteiger partial charge in [-0.2, -0.15) is 0 Å². The molecule has 0 aliphatic carbocycles. The largest absolute Gasteiger partial charge is 0.479 e. The highest BCUT2D eigenvalue weighted by Gasteiger charge is 2.31. The maximum Gasteiger partial charge on any atom is 0.337 e. The van der Waals surface area contributed by atoms with Crippen LogP contribution in [-0.4, -0.2) is 40.3 Å². The molecule has 6 nitrogen and oxygen atoms in total. The fourth-order valence-electron chi connectivity index (χ4n) is 1.46. The number of carbonyl (C=O) groups is 2. The van der Waals surface area contributed by atoms with Crippen LogP contribution in [0.4, 0.5) is 0 Å². The lowest BCUT2D eigenvalue weighted by Crippen LogP contribution is -2.49. The number of aliphatic carboxylic acids is 1. The van der Waals surface area contributed by atoms with Crippen molar-refractivity contribution in [3.05, 3.63) is 29.3 Å². The number of para-hydroxylation sites is 1. The normalized spacial score (nSPS) is 14.9. The van der Waals surface area contributed by atoms with Gasteiger partial charge in [-0.3, -0.25) is 4.79 Å². The summed E-state index contributed by atoms with van der Waals surface area (Å²) in [5.41, 5.74) is -2.03. The lowest BCUT2D eigenvalue weighted by molar-refractivity contribution is -0.156. The number of nitrogens with one attached hydrogen (secondary N) is 1. The second-order valence-corrected chi connectivity index (χ2v) is 5.15. The van der Waals surface area contributed by atoms with Gasteiger partial charge in [-0.1, -0.05) is 30.7 Å². The highest BCUT2D eigenvalue weighted by Crippen LogP contribution is 2.24. The van der Waals surface area contributed by atoms with Gasteiger partial charge in [0, 0.05) is 0 Å². The monoisotopic (exact) mass is 315 g/mol. The predicted molar refractivity (Wildman–Crippen MR) is 77.4 cm³/mol. The van der Waals surface area contributed by atoms with E-state index in [4.69, 9.17) is 21.4 Å². The van der Waals surface area contributed by atoms with Crippen molar-refractivity contribution < 1.29 is 24.5 Å². The van der Waals surface area contributed by atoms with Crippen molar-refractivity contribution in [3.8, 4) is 5.75 Å². The molecule has 116 valence electrons. The van der Waals surface area contributed by atoms with Gasteiger partial charge < -0.3 is 20.3 Å². The van der Waals surface area contributed by atoms with Crippen molar-refractivity contribution in [1.29, 1.82) is 0 Å². The third kappa shape index (κ3) is 4.91. The molecule has 0 aliphatic rings. The first-order valence-corrected chi connectivity index (χ1v) is 6.80. The number of carboxylic acids is 1. The van der Waals surface area contributed by atoms with Gasteiger partial charge in [-0.05, 0) is 25.5 Å². The summed E-state index contributed by atoms with van der Waals surface area (Å²) in [5.74, 6) is -1.56. The Morgan fingerprint density at radius 2 is 2.05 bits per heavy atom. The number of carboxylic acid groups (broad SMARTS) is 1. The first-order valence-electron chi connectivity index (χ1n) is 6.42. The van der Waals surface area contributed by atoms with Crippen LogP contribution in [0.3, 0.4) is 0 Å². The fraction of sp³-hybridized carbons (Fsp3) is 0.429. The summed E-state index contributed by atoms with van der Waals surface area (Å²) in [6, 6.07) is 6.73. The second-order valence-electron chi connectivity index (χ2n) is 4.74. The number of carbonyl (C=O) groups excluding carboxylic acids is 1. The molecule has 7 heteroatoms. The third-order valence-corrected chi connectivity index (χ3v) is 3.15. The smallest absolute Gasteiger partial charge is 0.337 e. The van der Waals surface area contributed by atoms with E-state index in [1.807, 2.05) is 0 Å². The number of hydrogen-bond acceptors (Lipinski definition) is 4. The Kier molecular flexibility index (Phi) is 5.99. The van der Waals surface area contributed by atoms with Gasteiger partial charge in [0.25, 0.3) is 5.91 Å². The van der Waals surface area contributed by atoms with Crippen molar-refractivity contribution >= 4 is 23.5 Å². The second kappa shape index (κ2) is 7.28. The van der Waals surface area contributed by atoms with Gasteiger partial charge >= 0.3 is 5.97 Å². The Bertz CT molecular complexity index is 518. The molecular weight excluding hydrogens is 298 g/mol. The van der Waals surface area contributed by atoms with Gasteiger partial charge in [0.1, 0.15) is 5.75 Å². The van der Waals surface area contributed by atoms with Crippen LogP contribution in [0.2, 0.25) is 5.02 Å². The molecule has 0 saturated carbocycles. The molecule has 0 aromatic heterocycles. The third-order valence-electron chi connectivity index (χ3n) is 2.84. The molecular formula is C14H18ClNO5. The minimum atomic E-state index is -2.03. The van der Waals surface area contributed by atoms with E-state index in [0.717, 1.165) is 6.92 Å². The minimum absolute atomic E-state index is 0.367. The zero-order valence-electron chi connectivity index (χ0n) is 11.8. The molecule has 0 aliphatic heterocycles. The van der Waals surface area contributed by atoms with E-state index in [2.05, 4.69) is 5.32 Å². The Labute approximate surface area is 127 Å². The average Bonchev–Trinajstić information content (AvgIpc) is 2.44. The number of halogens is 1. The van der Waals surface area contributed by atoms with Crippen molar-refractivity contribution in [2.45, 2.75) is 32.0 Å². The van der Waals surface area contributed by atoms with Crippen LogP contribution in [0.1, 0.15) is 20.3 Å². The number of rotatable bonds is 7. The molecule has 1 amide bonds. The maximum absolute atomic E-state index is 12.0. The molecule has 1 aromatic carbocycles. The van der Waals surface area contributed by atoms with E-state index >= 15 is 0 Å². The van der Waals surface area contributed by atoms with Crippen molar-refractivity contribution in [3.63, 3.8) is 0 Å². The van der Waals surface area contributed by atoms with Crippen LogP contribution >= 0.6 is 11.6 Å². The van der Waals surface area contributed by atoms with Gasteiger partial charge in [0.15, 0.2) is 11.7 Å². The molecule has 1 rings (SSSR count). The summed E-state index contributed by atoms with van der Waals surface area (Å²) in [6.45, 7) is 2.44. The van der Waals surface area contributed by atoms with Crippen LogP contribution in [0.25, 0.3) is 0 Å². The molecule has 0 spiro atoms. The highest BCUT2D eigenvalue weighted by atomic mass is 35.5. The lowest BCUT2D eigenvalue weighted by Gasteiger charge is -2.22. The topological polar surface area (TPSA) is 95.9 Å². The summed E-state index contributed by atoms with van der Waals surface area (Å²) in [5, 5.41) is 21.1. The van der Waals surface area contributed by atoms with Crippen LogP contribution in [0, 0.1) is 0 Å². The molecule has 0 saturated heterocycles. The fourth-order valence-corrected chi connectivity index (χ4v) is 1.64. The molecule has 0 radical (unpaired) electrons. The molecule has 2 unspecified atom stereocenters. The summed E-state index contributed by atoms with van der Waals surface area (Å²) in [6.07, 6.45) is -0.457. The maximum atomic E-state index is 12.0. The summed E-state index contributed by atoms with van der Waals surface area (Å²) < 4.78 is 5.51. The minimum Gasteiger partial charge on any atom is -0.479 e. The van der Waals surface area contributed by atoms with Crippen LogP contribution < -0.4 is 10.1 Å². The van der Waals surface area contributed by atoms with Crippen molar-refractivity contribution in [2.24, 2.45) is 0 Å². The van der Waals surface area contributed by atoms with Gasteiger partial charge in [-0.15, -0.1) is 0 Å². The molecule has 2 atom stereocenters. The van der Waals surface area contributed by atoms with Gasteiger partial charge in [0.05, 0.1) is 11.6 Å². The van der Waals surface area contributed by atoms with E-state index in [1.54, 1.807) is 31.2 Å². The highest BCUT2D eigenvalue weighted by molar-refractivity contribution is 6.32. The Morgan fingerprint density at radius 1 is 1.43 bits per heavy atom. The SMILES string of the molecule is CCC(Oc1ccccc1Cl)C(=O)NCC(C)(O)C(=O)O. The van der Waals surface area contributed by atoms with Crippen LogP contribution in [0.15, 0.2) is 24.3 Å². The van der Waals surface area contributed by atoms with E-state index in [0.29, 0.717) is 17.2 Å². The zero-order valence-corrected chi connectivity index (χ0v) is 12.6. The molecule has 0 bridgehead atoms. The Balaban J connectivity index is 2.66. The first-order chi connectivity index (χ1) is 9.77. The Morgan fingerprint density at radius 3 is 2.57 bits per heavy atom. The first kappa shape index (κ1) is 17.3. The number of amides is 1. The molecule has 21 heavy (non-hydrogen) atoms. The lowest BCUT2D eigenvalue weighted by atomic mass is 10.1. The Hall–Kier alpha value is -1.79. The summed E-state index contributed by atoms with van der Waals surface area (Å²) >= 11 is 5.95. The van der Waals surface area contributed by atoms with E-state index in [9.17, 15) is 14.7 Å². The number of hydrogen-bond donors (Lipinski definition) is 3. The standard InChI is InChI=1S/C14H18ClNO5/c1-3-10(21-11-7-5-4-6-9(11)15)12(17)16-8-14(2,20)13(18)19/h4-7,10,20H,3,8H2,1-2H3,(H,16,17)(H,18,19).